The molecule has 0 aromatic rings. The average Bonchev–Trinajstić information content (AvgIpc) is 2.60. The summed E-state index contributed by atoms with van der Waals surface area (Å²) in [5.74, 6) is 3.24. The number of nitrogens with one attached hydrogen (secondary N) is 2. The quantitative estimate of drug-likeness (QED) is 0.616. The fourth-order valence-corrected chi connectivity index (χ4v) is 6.16. The van der Waals surface area contributed by atoms with Crippen molar-refractivity contribution in [2.24, 2.45) is 29.1 Å². The van der Waals surface area contributed by atoms with Crippen molar-refractivity contribution in [1.29, 1.82) is 0 Å². The smallest absolute Gasteiger partial charge is 0.226 e. The lowest BCUT2D eigenvalue weighted by molar-refractivity contribution is -0.146. The number of amides is 2. The van der Waals surface area contributed by atoms with Gasteiger partial charge in [-0.3, -0.25) is 9.59 Å². The summed E-state index contributed by atoms with van der Waals surface area (Å²) in [7, 11) is 0. The highest BCUT2D eigenvalue weighted by atomic mass is 16.2. The minimum atomic E-state index is -0.0985. The zero-order valence-corrected chi connectivity index (χ0v) is 16.8. The second-order valence-electron chi connectivity index (χ2n) is 9.42. The van der Waals surface area contributed by atoms with Gasteiger partial charge in [0.1, 0.15) is 0 Å². The van der Waals surface area contributed by atoms with Crippen LogP contribution < -0.4 is 10.6 Å². The minimum Gasteiger partial charge on any atom is -0.356 e. The number of carbonyl (C=O) groups excluding carboxylic acids is 2. The van der Waals surface area contributed by atoms with E-state index in [0.717, 1.165) is 50.0 Å². The molecular weight excluding hydrogens is 324 g/mol. The van der Waals surface area contributed by atoms with Crippen LogP contribution in [0.15, 0.2) is 0 Å². The van der Waals surface area contributed by atoms with E-state index in [9.17, 15) is 9.59 Å². The number of unbranched alkanes of at least 4 members (excludes halogenated alkanes) is 1. The van der Waals surface area contributed by atoms with Gasteiger partial charge in [0.05, 0.1) is 0 Å². The van der Waals surface area contributed by atoms with Crippen molar-refractivity contribution < 1.29 is 9.59 Å². The Morgan fingerprint density at radius 3 is 2.15 bits per heavy atom. The normalized spacial score (nSPS) is 33.1. The number of hydrogen-bond donors (Lipinski definition) is 2. The molecule has 4 aliphatic rings. The summed E-state index contributed by atoms with van der Waals surface area (Å²) in [6.45, 7) is 5.66. The van der Waals surface area contributed by atoms with Gasteiger partial charge < -0.3 is 10.6 Å². The molecule has 4 bridgehead atoms. The molecule has 1 unspecified atom stereocenters. The molecule has 0 aliphatic heterocycles. The Morgan fingerprint density at radius 1 is 1.00 bits per heavy atom. The van der Waals surface area contributed by atoms with Crippen LogP contribution in [0.4, 0.5) is 0 Å². The Balaban J connectivity index is 1.37. The third-order valence-electron chi connectivity index (χ3n) is 7.29. The summed E-state index contributed by atoms with van der Waals surface area (Å²) in [4.78, 5) is 25.0. The molecular formula is C22H38N2O2. The van der Waals surface area contributed by atoms with E-state index in [-0.39, 0.29) is 17.2 Å². The summed E-state index contributed by atoms with van der Waals surface area (Å²) in [6.07, 6.45) is 12.5. The molecule has 26 heavy (non-hydrogen) atoms. The van der Waals surface area contributed by atoms with Crippen LogP contribution in [-0.4, -0.2) is 24.9 Å². The Hall–Kier alpha value is -1.06. The van der Waals surface area contributed by atoms with Gasteiger partial charge in [0, 0.05) is 24.9 Å². The molecule has 4 saturated carbocycles. The Kier molecular flexibility index (Phi) is 6.63. The van der Waals surface area contributed by atoms with Gasteiger partial charge in [-0.05, 0) is 68.6 Å². The topological polar surface area (TPSA) is 58.2 Å². The van der Waals surface area contributed by atoms with Crippen LogP contribution in [0, 0.1) is 29.1 Å². The van der Waals surface area contributed by atoms with Crippen molar-refractivity contribution in [2.45, 2.75) is 84.5 Å². The van der Waals surface area contributed by atoms with Crippen LogP contribution in [0.1, 0.15) is 84.5 Å². The molecule has 4 aliphatic carbocycles. The van der Waals surface area contributed by atoms with Gasteiger partial charge in [0.2, 0.25) is 11.8 Å². The number of hydrogen-bond acceptors (Lipinski definition) is 2. The summed E-state index contributed by atoms with van der Waals surface area (Å²) in [5, 5.41) is 6.17. The van der Waals surface area contributed by atoms with E-state index in [0.29, 0.717) is 18.9 Å². The first kappa shape index (κ1) is 19.7. The SMILES string of the molecule is CCCCC(CC)CNC(=O)CCNC(=O)C12CC3CC(CC(C3)C1)C2. The maximum absolute atomic E-state index is 12.9. The highest BCUT2D eigenvalue weighted by Crippen LogP contribution is 2.60. The molecule has 2 amide bonds. The third kappa shape index (κ3) is 4.61. The Labute approximate surface area is 159 Å². The van der Waals surface area contributed by atoms with Gasteiger partial charge >= 0.3 is 0 Å². The van der Waals surface area contributed by atoms with E-state index in [1.165, 1.54) is 38.5 Å². The molecule has 148 valence electrons. The average molecular weight is 363 g/mol. The lowest BCUT2D eigenvalue weighted by atomic mass is 9.49. The Bertz CT molecular complexity index is 467. The first-order valence-electron chi connectivity index (χ1n) is 11.1. The zero-order valence-electron chi connectivity index (χ0n) is 16.8. The van der Waals surface area contributed by atoms with Crippen molar-refractivity contribution in [1.82, 2.24) is 10.6 Å². The van der Waals surface area contributed by atoms with Gasteiger partial charge in [0.15, 0.2) is 0 Å². The molecule has 4 nitrogen and oxygen atoms in total. The molecule has 4 rings (SSSR count). The van der Waals surface area contributed by atoms with Gasteiger partial charge in [-0.2, -0.15) is 0 Å². The molecule has 0 aromatic heterocycles. The highest BCUT2D eigenvalue weighted by Gasteiger charge is 2.54. The minimum absolute atomic E-state index is 0.0748. The van der Waals surface area contributed by atoms with E-state index >= 15 is 0 Å². The maximum atomic E-state index is 12.9. The van der Waals surface area contributed by atoms with Crippen molar-refractivity contribution in [3.05, 3.63) is 0 Å². The Morgan fingerprint density at radius 2 is 1.62 bits per heavy atom. The fraction of sp³-hybridized carbons (Fsp3) is 0.909. The largest absolute Gasteiger partial charge is 0.356 e. The summed E-state index contributed by atoms with van der Waals surface area (Å²) < 4.78 is 0. The molecule has 0 radical (unpaired) electrons. The van der Waals surface area contributed by atoms with Crippen LogP contribution in [0.5, 0.6) is 0 Å². The maximum Gasteiger partial charge on any atom is 0.226 e. The van der Waals surface area contributed by atoms with E-state index in [2.05, 4.69) is 24.5 Å². The van der Waals surface area contributed by atoms with Crippen molar-refractivity contribution in [3.8, 4) is 0 Å². The third-order valence-corrected chi connectivity index (χ3v) is 7.29. The summed E-state index contributed by atoms with van der Waals surface area (Å²) in [6, 6.07) is 0. The van der Waals surface area contributed by atoms with Crippen LogP contribution in [0.25, 0.3) is 0 Å². The second-order valence-corrected chi connectivity index (χ2v) is 9.42. The van der Waals surface area contributed by atoms with Gasteiger partial charge in [-0.1, -0.05) is 33.1 Å². The molecule has 1 atom stereocenters. The fourth-order valence-electron chi connectivity index (χ4n) is 6.16. The molecule has 0 spiro atoms. The highest BCUT2D eigenvalue weighted by molar-refractivity contribution is 5.84. The van der Waals surface area contributed by atoms with Crippen LogP contribution in [-0.2, 0) is 9.59 Å². The predicted octanol–water partition coefficient (Wildman–Crippen LogP) is 4.04. The van der Waals surface area contributed by atoms with Gasteiger partial charge in [-0.25, -0.2) is 0 Å². The monoisotopic (exact) mass is 362 g/mol. The summed E-state index contributed by atoms with van der Waals surface area (Å²) in [5.41, 5.74) is -0.0985. The molecule has 0 saturated heterocycles. The molecule has 0 heterocycles. The summed E-state index contributed by atoms with van der Waals surface area (Å²) >= 11 is 0. The van der Waals surface area contributed by atoms with Crippen molar-refractivity contribution in [2.75, 3.05) is 13.1 Å². The van der Waals surface area contributed by atoms with E-state index < -0.39 is 0 Å². The van der Waals surface area contributed by atoms with Crippen LogP contribution in [0.3, 0.4) is 0 Å². The predicted molar refractivity (Wildman–Crippen MR) is 105 cm³/mol. The van der Waals surface area contributed by atoms with Gasteiger partial charge in [0.25, 0.3) is 0 Å². The zero-order chi connectivity index (χ0) is 18.6. The van der Waals surface area contributed by atoms with E-state index in [1.54, 1.807) is 0 Å². The van der Waals surface area contributed by atoms with E-state index in [1.807, 2.05) is 0 Å². The standard InChI is InChI=1S/C22H38N2O2/c1-3-5-6-16(4-2)15-24-20(25)7-8-23-21(26)22-12-17-9-18(13-22)11-19(10-17)14-22/h16-19H,3-15H2,1-2H3,(H,23,26)(H,24,25). The van der Waals surface area contributed by atoms with Gasteiger partial charge in [-0.15, -0.1) is 0 Å². The van der Waals surface area contributed by atoms with Crippen LogP contribution >= 0.6 is 0 Å². The number of rotatable bonds is 10. The lowest BCUT2D eigenvalue weighted by Gasteiger charge is -2.55. The van der Waals surface area contributed by atoms with Crippen LogP contribution in [0.2, 0.25) is 0 Å². The lowest BCUT2D eigenvalue weighted by Crippen LogP contribution is -2.53. The second kappa shape index (κ2) is 8.75. The molecule has 2 N–H and O–H groups in total. The molecule has 4 fully saturated rings. The molecule has 0 aromatic carbocycles. The number of carbonyl (C=O) groups is 2. The van der Waals surface area contributed by atoms with E-state index in [4.69, 9.17) is 0 Å². The first-order valence-corrected chi connectivity index (χ1v) is 11.1. The molecule has 4 heteroatoms. The van der Waals surface area contributed by atoms with Crippen molar-refractivity contribution >= 4 is 11.8 Å². The first-order chi connectivity index (χ1) is 12.5. The van der Waals surface area contributed by atoms with Crippen molar-refractivity contribution in [3.63, 3.8) is 0 Å².